The van der Waals surface area contributed by atoms with Crippen LogP contribution in [0.4, 0.5) is 0 Å². The van der Waals surface area contributed by atoms with E-state index in [4.69, 9.17) is 4.74 Å². The highest BCUT2D eigenvalue weighted by Crippen LogP contribution is 2.71. The number of aliphatic hydroxyl groups is 3. The number of carbonyl (C=O) groups is 2. The van der Waals surface area contributed by atoms with E-state index in [2.05, 4.69) is 13.8 Å². The Balaban J connectivity index is 1.96. The Bertz CT molecular complexity index is 926. The average Bonchev–Trinajstić information content (AvgIpc) is 3.23. The van der Waals surface area contributed by atoms with Crippen molar-refractivity contribution in [1.82, 2.24) is 0 Å². The number of hydrogen-bond donors (Lipinski definition) is 3. The summed E-state index contributed by atoms with van der Waals surface area (Å²) in [5, 5.41) is 33.7. The minimum Gasteiger partial charge on any atom is -0.451 e. The third-order valence-corrected chi connectivity index (χ3v) is 8.88. The van der Waals surface area contributed by atoms with Gasteiger partial charge in [-0.2, -0.15) is 0 Å². The standard InChI is InChI=1S/C25H34O6/c1-7-12(2)22(29)31-21-15(11-26)9-16-18-17(23(18,5)6)8-14(4)24(20(16)28)10-13(3)19(27)25(21,24)30/h7,9-10,14,16-19,21,26-27,30H,8,11H2,1-6H3/t14-,16+,17-,18+,19+,21-,24+,25-/m1/s1. The molecule has 2 bridgehead atoms. The smallest absolute Gasteiger partial charge is 0.334 e. The molecule has 2 saturated carbocycles. The molecule has 0 aromatic carbocycles. The Kier molecular flexibility index (Phi) is 4.97. The zero-order valence-corrected chi connectivity index (χ0v) is 19.2. The molecule has 0 aromatic rings. The molecule has 8 atom stereocenters. The summed E-state index contributed by atoms with van der Waals surface area (Å²) in [5.41, 5.74) is -2.40. The lowest BCUT2D eigenvalue weighted by Crippen LogP contribution is -2.66. The molecule has 3 N–H and O–H groups in total. The van der Waals surface area contributed by atoms with Crippen molar-refractivity contribution in [2.24, 2.45) is 34.5 Å². The van der Waals surface area contributed by atoms with Crippen LogP contribution in [0.3, 0.4) is 0 Å². The Morgan fingerprint density at radius 1 is 1.35 bits per heavy atom. The van der Waals surface area contributed by atoms with Crippen molar-refractivity contribution in [3.63, 3.8) is 0 Å². The molecule has 0 heterocycles. The van der Waals surface area contributed by atoms with Crippen LogP contribution in [0.5, 0.6) is 0 Å². The van der Waals surface area contributed by atoms with Gasteiger partial charge in [0, 0.05) is 11.5 Å². The maximum absolute atomic E-state index is 14.2. The van der Waals surface area contributed by atoms with Crippen LogP contribution in [0.25, 0.3) is 0 Å². The molecule has 0 aromatic heterocycles. The summed E-state index contributed by atoms with van der Waals surface area (Å²) in [6, 6.07) is 0. The first-order valence-electron chi connectivity index (χ1n) is 11.2. The van der Waals surface area contributed by atoms with Crippen molar-refractivity contribution in [3.8, 4) is 0 Å². The number of allylic oxidation sites excluding steroid dienone is 2. The fourth-order valence-electron chi connectivity index (χ4n) is 6.89. The summed E-state index contributed by atoms with van der Waals surface area (Å²) in [6.45, 7) is 10.8. The van der Waals surface area contributed by atoms with Crippen LogP contribution in [-0.4, -0.2) is 51.5 Å². The van der Waals surface area contributed by atoms with Crippen molar-refractivity contribution < 1.29 is 29.6 Å². The number of ether oxygens (including phenoxy) is 1. The second kappa shape index (κ2) is 6.87. The van der Waals surface area contributed by atoms with Crippen LogP contribution < -0.4 is 0 Å². The van der Waals surface area contributed by atoms with E-state index in [0.29, 0.717) is 17.1 Å². The van der Waals surface area contributed by atoms with Gasteiger partial charge >= 0.3 is 5.97 Å². The topological polar surface area (TPSA) is 104 Å². The van der Waals surface area contributed by atoms with Gasteiger partial charge in [0.1, 0.15) is 6.10 Å². The van der Waals surface area contributed by atoms with Gasteiger partial charge in [-0.3, -0.25) is 4.79 Å². The number of hydrogen-bond acceptors (Lipinski definition) is 6. The zero-order valence-electron chi connectivity index (χ0n) is 19.2. The van der Waals surface area contributed by atoms with Crippen LogP contribution in [0.1, 0.15) is 48.0 Å². The highest BCUT2D eigenvalue weighted by atomic mass is 16.6. The van der Waals surface area contributed by atoms with Gasteiger partial charge in [0.05, 0.1) is 12.0 Å². The largest absolute Gasteiger partial charge is 0.451 e. The van der Waals surface area contributed by atoms with Gasteiger partial charge < -0.3 is 20.1 Å². The first-order valence-corrected chi connectivity index (χ1v) is 11.2. The first kappa shape index (κ1) is 22.4. The number of ketones is 1. The van der Waals surface area contributed by atoms with Crippen LogP contribution in [0, 0.1) is 34.5 Å². The highest BCUT2D eigenvalue weighted by Gasteiger charge is 2.76. The molecule has 6 heteroatoms. The molecular formula is C25H34O6. The second-order valence-corrected chi connectivity index (χ2v) is 10.6. The quantitative estimate of drug-likeness (QED) is 0.361. The molecule has 1 spiro atoms. The van der Waals surface area contributed by atoms with Crippen molar-refractivity contribution in [3.05, 3.63) is 34.9 Å². The van der Waals surface area contributed by atoms with E-state index in [9.17, 15) is 24.9 Å². The van der Waals surface area contributed by atoms with E-state index < -0.39 is 41.7 Å². The summed E-state index contributed by atoms with van der Waals surface area (Å²) in [7, 11) is 0. The maximum Gasteiger partial charge on any atom is 0.334 e. The predicted molar refractivity (Wildman–Crippen MR) is 115 cm³/mol. The van der Waals surface area contributed by atoms with Gasteiger partial charge in [-0.15, -0.1) is 0 Å². The molecule has 0 amide bonds. The van der Waals surface area contributed by atoms with Crippen LogP contribution >= 0.6 is 0 Å². The SMILES string of the molecule is CC=C(C)C(=O)O[C@@H]1C(CO)=C[C@@H]2C(=O)[C@]3(C=C(C)[C@H](O)[C@@]13O)[C@H](C)C[C@@H]1[C@H]2C1(C)C. The molecule has 0 radical (unpaired) electrons. The summed E-state index contributed by atoms with van der Waals surface area (Å²) in [5.74, 6) is -1.18. The summed E-state index contributed by atoms with van der Waals surface area (Å²) >= 11 is 0. The molecule has 31 heavy (non-hydrogen) atoms. The van der Waals surface area contributed by atoms with E-state index in [-0.39, 0.29) is 28.6 Å². The summed E-state index contributed by atoms with van der Waals surface area (Å²) < 4.78 is 5.77. The van der Waals surface area contributed by atoms with E-state index in [1.54, 1.807) is 39.0 Å². The Morgan fingerprint density at radius 2 is 2.00 bits per heavy atom. The minimum absolute atomic E-state index is 0.0284. The molecule has 4 rings (SSSR count). The lowest BCUT2D eigenvalue weighted by atomic mass is 9.59. The van der Waals surface area contributed by atoms with E-state index in [1.807, 2.05) is 6.92 Å². The van der Waals surface area contributed by atoms with E-state index in [1.165, 1.54) is 0 Å². The number of aliphatic hydroxyl groups excluding tert-OH is 2. The fraction of sp³-hybridized carbons (Fsp3) is 0.680. The average molecular weight is 431 g/mol. The third-order valence-electron chi connectivity index (χ3n) is 8.88. The Hall–Kier alpha value is -1.76. The zero-order chi connectivity index (χ0) is 23.1. The van der Waals surface area contributed by atoms with Gasteiger partial charge in [0.25, 0.3) is 0 Å². The van der Waals surface area contributed by atoms with E-state index >= 15 is 0 Å². The monoisotopic (exact) mass is 430 g/mol. The molecule has 2 fully saturated rings. The second-order valence-electron chi connectivity index (χ2n) is 10.6. The van der Waals surface area contributed by atoms with Gasteiger partial charge in [0.2, 0.25) is 0 Å². The van der Waals surface area contributed by atoms with Gasteiger partial charge in [0.15, 0.2) is 17.5 Å². The van der Waals surface area contributed by atoms with Gasteiger partial charge in [-0.05, 0) is 61.5 Å². The summed E-state index contributed by atoms with van der Waals surface area (Å²) in [6.07, 6.45) is 3.04. The molecule has 4 aliphatic rings. The Morgan fingerprint density at radius 3 is 2.58 bits per heavy atom. The number of esters is 1. The molecule has 0 unspecified atom stereocenters. The normalized spacial score (nSPS) is 45.6. The van der Waals surface area contributed by atoms with Crippen molar-refractivity contribution in [2.45, 2.75) is 65.8 Å². The molecule has 4 aliphatic carbocycles. The maximum atomic E-state index is 14.2. The molecule has 0 saturated heterocycles. The fourth-order valence-corrected chi connectivity index (χ4v) is 6.89. The summed E-state index contributed by atoms with van der Waals surface area (Å²) in [4.78, 5) is 26.9. The van der Waals surface area contributed by atoms with Crippen molar-refractivity contribution in [1.29, 1.82) is 0 Å². The van der Waals surface area contributed by atoms with Crippen LogP contribution in [0.2, 0.25) is 0 Å². The molecule has 170 valence electrons. The number of carbonyl (C=O) groups excluding carboxylic acids is 2. The molecular weight excluding hydrogens is 396 g/mol. The van der Waals surface area contributed by atoms with Crippen molar-refractivity contribution in [2.75, 3.05) is 6.61 Å². The van der Waals surface area contributed by atoms with Crippen LogP contribution in [-0.2, 0) is 14.3 Å². The molecule has 0 aliphatic heterocycles. The first-order chi connectivity index (χ1) is 14.4. The van der Waals surface area contributed by atoms with Crippen LogP contribution in [0.15, 0.2) is 34.9 Å². The minimum atomic E-state index is -2.08. The number of Topliss-reactive ketones (excluding diaryl/α,β-unsaturated/α-hetero) is 1. The predicted octanol–water partition coefficient (Wildman–Crippen LogP) is 2.33. The number of rotatable bonds is 3. The molecule has 6 nitrogen and oxygen atoms in total. The van der Waals surface area contributed by atoms with Gasteiger partial charge in [-0.1, -0.05) is 39.0 Å². The van der Waals surface area contributed by atoms with Crippen molar-refractivity contribution >= 4 is 11.8 Å². The highest BCUT2D eigenvalue weighted by molar-refractivity contribution is 5.95. The lowest BCUT2D eigenvalue weighted by Gasteiger charge is -2.49. The Labute approximate surface area is 183 Å². The third kappa shape index (κ3) is 2.61. The van der Waals surface area contributed by atoms with E-state index in [0.717, 1.165) is 6.42 Å². The van der Waals surface area contributed by atoms with Gasteiger partial charge in [-0.25, -0.2) is 4.79 Å². The number of fused-ring (bicyclic) bond motifs is 3. The lowest BCUT2D eigenvalue weighted by molar-refractivity contribution is -0.202.